The Balaban J connectivity index is 4.21. The molecule has 0 aromatic rings. The van der Waals surface area contributed by atoms with Gasteiger partial charge in [-0.1, -0.05) is 6.92 Å². The van der Waals surface area contributed by atoms with Crippen molar-refractivity contribution in [1.82, 2.24) is 10.2 Å². The predicted octanol–water partition coefficient (Wildman–Crippen LogP) is 1.58. The van der Waals surface area contributed by atoms with Crippen LogP contribution in [0.25, 0.3) is 0 Å². The summed E-state index contributed by atoms with van der Waals surface area (Å²) in [5.41, 5.74) is -0.838. The molecule has 0 saturated carbocycles. The predicted molar refractivity (Wildman–Crippen MR) is 77.5 cm³/mol. The van der Waals surface area contributed by atoms with Crippen LogP contribution in [0.5, 0.6) is 0 Å². The maximum Gasteiger partial charge on any atom is 0.323 e. The molecule has 0 fully saturated rings. The van der Waals surface area contributed by atoms with Crippen molar-refractivity contribution in [1.29, 1.82) is 0 Å². The summed E-state index contributed by atoms with van der Waals surface area (Å²) in [5.74, 6) is -0.777. The summed E-state index contributed by atoms with van der Waals surface area (Å²) in [5, 5.41) is 12.5. The lowest BCUT2D eigenvalue weighted by Gasteiger charge is -2.30. The van der Waals surface area contributed by atoms with Crippen LogP contribution in [0.2, 0.25) is 0 Å². The van der Waals surface area contributed by atoms with Crippen LogP contribution in [0, 0.1) is 0 Å². The molecular formula is C14H30N2O3. The molecule has 0 heterocycles. The van der Waals surface area contributed by atoms with Gasteiger partial charge in [0.15, 0.2) is 0 Å². The van der Waals surface area contributed by atoms with E-state index in [-0.39, 0.29) is 6.04 Å². The van der Waals surface area contributed by atoms with Gasteiger partial charge in [-0.15, -0.1) is 0 Å². The van der Waals surface area contributed by atoms with Crippen LogP contribution in [-0.2, 0) is 9.53 Å². The van der Waals surface area contributed by atoms with Gasteiger partial charge in [-0.3, -0.25) is 10.1 Å². The summed E-state index contributed by atoms with van der Waals surface area (Å²) in [7, 11) is 1.70. The number of methoxy groups -OCH3 is 1. The summed E-state index contributed by atoms with van der Waals surface area (Å²) in [6.07, 6.45) is 1.49. The van der Waals surface area contributed by atoms with Crippen molar-refractivity contribution < 1.29 is 14.6 Å². The van der Waals surface area contributed by atoms with E-state index >= 15 is 0 Å². The van der Waals surface area contributed by atoms with E-state index < -0.39 is 11.5 Å². The standard InChI is InChI=1S/C14H30N2O3/c1-6-16(10-11-19-5)9-7-8-14(4,13(17)18)15-12(2)3/h12,15H,6-11H2,1-5H3,(H,17,18). The quantitative estimate of drug-likeness (QED) is 0.599. The zero-order valence-electron chi connectivity index (χ0n) is 13.0. The van der Waals surface area contributed by atoms with Crippen LogP contribution in [0.3, 0.4) is 0 Å². The van der Waals surface area contributed by atoms with E-state index in [2.05, 4.69) is 17.1 Å². The Kier molecular flexibility index (Phi) is 8.97. The first kappa shape index (κ1) is 18.4. The van der Waals surface area contributed by atoms with Crippen molar-refractivity contribution in [3.8, 4) is 0 Å². The number of likely N-dealkylation sites (N-methyl/N-ethyl adjacent to an activating group) is 1. The fourth-order valence-corrected chi connectivity index (χ4v) is 2.18. The SMILES string of the molecule is CCN(CCCC(C)(NC(C)C)C(=O)O)CCOC. The Bertz CT molecular complexity index is 259. The molecule has 0 aliphatic heterocycles. The van der Waals surface area contributed by atoms with E-state index in [0.29, 0.717) is 13.0 Å². The van der Waals surface area contributed by atoms with Gasteiger partial charge in [0.05, 0.1) is 6.61 Å². The molecule has 0 amide bonds. The molecule has 1 unspecified atom stereocenters. The molecule has 0 bridgehead atoms. The molecule has 0 aromatic carbocycles. The van der Waals surface area contributed by atoms with Gasteiger partial charge in [-0.05, 0) is 46.7 Å². The third-order valence-corrected chi connectivity index (χ3v) is 3.29. The Morgan fingerprint density at radius 3 is 2.47 bits per heavy atom. The van der Waals surface area contributed by atoms with Crippen LogP contribution in [-0.4, -0.2) is 60.9 Å². The first-order valence-electron chi connectivity index (χ1n) is 7.08. The Labute approximate surface area is 117 Å². The maximum absolute atomic E-state index is 11.4. The summed E-state index contributed by atoms with van der Waals surface area (Å²) < 4.78 is 5.06. The van der Waals surface area contributed by atoms with E-state index in [1.165, 1.54) is 0 Å². The summed E-state index contributed by atoms with van der Waals surface area (Å²) in [6, 6.07) is 0.164. The van der Waals surface area contributed by atoms with E-state index in [9.17, 15) is 9.90 Å². The van der Waals surface area contributed by atoms with Crippen LogP contribution in [0.15, 0.2) is 0 Å². The number of hydrogen-bond acceptors (Lipinski definition) is 4. The maximum atomic E-state index is 11.4. The third kappa shape index (κ3) is 7.50. The molecule has 0 aromatic heterocycles. The minimum Gasteiger partial charge on any atom is -0.480 e. The molecule has 0 rings (SSSR count). The molecule has 0 saturated heterocycles. The number of aliphatic carboxylic acids is 1. The number of hydrogen-bond donors (Lipinski definition) is 2. The number of ether oxygens (including phenoxy) is 1. The number of rotatable bonds is 11. The van der Waals surface area contributed by atoms with Gasteiger partial charge in [-0.2, -0.15) is 0 Å². The zero-order chi connectivity index (χ0) is 14.9. The second kappa shape index (κ2) is 9.28. The lowest BCUT2D eigenvalue weighted by molar-refractivity contribution is -0.144. The summed E-state index contributed by atoms with van der Waals surface area (Å²) in [4.78, 5) is 13.7. The fourth-order valence-electron chi connectivity index (χ4n) is 2.18. The van der Waals surface area contributed by atoms with Gasteiger partial charge < -0.3 is 14.7 Å². The molecule has 5 heteroatoms. The lowest BCUT2D eigenvalue weighted by Crippen LogP contribution is -2.52. The Hall–Kier alpha value is -0.650. The van der Waals surface area contributed by atoms with E-state index in [1.807, 2.05) is 13.8 Å². The van der Waals surface area contributed by atoms with Crippen LogP contribution >= 0.6 is 0 Å². The molecule has 1 atom stereocenters. The monoisotopic (exact) mass is 274 g/mol. The van der Waals surface area contributed by atoms with Crippen LogP contribution in [0.1, 0.15) is 40.5 Å². The zero-order valence-corrected chi connectivity index (χ0v) is 13.0. The average Bonchev–Trinajstić information content (AvgIpc) is 2.32. The average molecular weight is 274 g/mol. The third-order valence-electron chi connectivity index (χ3n) is 3.29. The molecule has 0 aliphatic carbocycles. The van der Waals surface area contributed by atoms with Gasteiger partial charge in [0.2, 0.25) is 0 Å². The summed E-state index contributed by atoms with van der Waals surface area (Å²) in [6.45, 7) is 11.3. The molecule has 0 aliphatic rings. The molecule has 0 spiro atoms. The number of carboxylic acid groups (broad SMARTS) is 1. The molecule has 114 valence electrons. The smallest absolute Gasteiger partial charge is 0.323 e. The number of carbonyl (C=O) groups is 1. The van der Waals surface area contributed by atoms with Gasteiger partial charge in [0.1, 0.15) is 5.54 Å². The summed E-state index contributed by atoms with van der Waals surface area (Å²) >= 11 is 0. The van der Waals surface area contributed by atoms with Gasteiger partial charge in [0.25, 0.3) is 0 Å². The van der Waals surface area contributed by atoms with Crippen LogP contribution in [0.4, 0.5) is 0 Å². The van der Waals surface area contributed by atoms with E-state index in [1.54, 1.807) is 14.0 Å². The number of carboxylic acids is 1. The van der Waals surface area contributed by atoms with Crippen LogP contribution < -0.4 is 5.32 Å². The van der Waals surface area contributed by atoms with Crippen molar-refractivity contribution in [2.24, 2.45) is 0 Å². The molecular weight excluding hydrogens is 244 g/mol. The van der Waals surface area contributed by atoms with Crippen molar-refractivity contribution in [2.45, 2.75) is 52.1 Å². The van der Waals surface area contributed by atoms with Gasteiger partial charge in [0, 0.05) is 19.7 Å². The highest BCUT2D eigenvalue weighted by Crippen LogP contribution is 2.14. The normalized spacial score (nSPS) is 14.9. The van der Waals surface area contributed by atoms with E-state index in [0.717, 1.165) is 26.1 Å². The van der Waals surface area contributed by atoms with Gasteiger partial charge >= 0.3 is 5.97 Å². The minimum absolute atomic E-state index is 0.164. The second-order valence-electron chi connectivity index (χ2n) is 5.47. The largest absolute Gasteiger partial charge is 0.480 e. The minimum atomic E-state index is -0.838. The highest BCUT2D eigenvalue weighted by atomic mass is 16.5. The number of nitrogens with zero attached hydrogens (tertiary/aromatic N) is 1. The first-order valence-corrected chi connectivity index (χ1v) is 7.08. The molecule has 0 radical (unpaired) electrons. The van der Waals surface area contributed by atoms with Gasteiger partial charge in [-0.25, -0.2) is 0 Å². The molecule has 2 N–H and O–H groups in total. The van der Waals surface area contributed by atoms with Crippen molar-refractivity contribution in [3.05, 3.63) is 0 Å². The number of nitrogens with one attached hydrogen (secondary N) is 1. The Morgan fingerprint density at radius 1 is 1.42 bits per heavy atom. The highest BCUT2D eigenvalue weighted by molar-refractivity contribution is 5.78. The van der Waals surface area contributed by atoms with Crippen molar-refractivity contribution in [2.75, 3.05) is 33.4 Å². The van der Waals surface area contributed by atoms with Crippen molar-refractivity contribution >= 4 is 5.97 Å². The van der Waals surface area contributed by atoms with Crippen molar-refractivity contribution in [3.63, 3.8) is 0 Å². The van der Waals surface area contributed by atoms with E-state index in [4.69, 9.17) is 4.74 Å². The topological polar surface area (TPSA) is 61.8 Å². The second-order valence-corrected chi connectivity index (χ2v) is 5.47. The molecule has 19 heavy (non-hydrogen) atoms. The first-order chi connectivity index (χ1) is 8.85. The lowest BCUT2D eigenvalue weighted by atomic mass is 9.94. The molecule has 5 nitrogen and oxygen atoms in total. The fraction of sp³-hybridized carbons (Fsp3) is 0.929. The highest BCUT2D eigenvalue weighted by Gasteiger charge is 2.32. The Morgan fingerprint density at radius 2 is 2.05 bits per heavy atom.